The molecule has 126 valence electrons. The zero-order chi connectivity index (χ0) is 14.4. The Hall–Kier alpha value is -0.520. The van der Waals surface area contributed by atoms with Crippen LogP contribution in [0.1, 0.15) is 24.9 Å². The maximum atomic E-state index is 12.1. The number of piperazine rings is 1. The number of carbonyl (C=O) groups is 1. The van der Waals surface area contributed by atoms with Gasteiger partial charge in [-0.3, -0.25) is 9.69 Å². The molecule has 1 atom stereocenters. The number of rotatable bonds is 5. The highest BCUT2D eigenvalue weighted by Gasteiger charge is 2.16. The van der Waals surface area contributed by atoms with Crippen molar-refractivity contribution in [1.82, 2.24) is 15.5 Å². The number of hydrogen-bond donors (Lipinski definition) is 2. The second kappa shape index (κ2) is 11.1. The Balaban J connectivity index is 0.00000220. The van der Waals surface area contributed by atoms with Gasteiger partial charge in [0.25, 0.3) is 0 Å². The molecule has 1 unspecified atom stereocenters. The molecule has 1 heterocycles. The van der Waals surface area contributed by atoms with Crippen molar-refractivity contribution >= 4 is 42.3 Å². The van der Waals surface area contributed by atoms with E-state index in [-0.39, 0.29) is 36.8 Å². The first-order valence-corrected chi connectivity index (χ1v) is 7.54. The van der Waals surface area contributed by atoms with E-state index in [2.05, 4.69) is 22.5 Å². The molecule has 0 spiro atoms. The largest absolute Gasteiger partial charge is 0.348 e. The molecule has 0 radical (unpaired) electrons. The van der Waals surface area contributed by atoms with Gasteiger partial charge < -0.3 is 10.6 Å². The molecule has 1 aliphatic heterocycles. The van der Waals surface area contributed by atoms with Crippen molar-refractivity contribution in [2.45, 2.75) is 19.4 Å². The Morgan fingerprint density at radius 1 is 1.27 bits per heavy atom. The summed E-state index contributed by atoms with van der Waals surface area (Å²) in [6, 6.07) is 7.73. The summed E-state index contributed by atoms with van der Waals surface area (Å²) in [7, 11) is 0. The van der Waals surface area contributed by atoms with Gasteiger partial charge in [-0.25, -0.2) is 0 Å². The molecular formula is C15H24Cl3N3O. The third kappa shape index (κ3) is 6.71. The van der Waals surface area contributed by atoms with Crippen molar-refractivity contribution in [2.75, 3.05) is 32.7 Å². The van der Waals surface area contributed by atoms with Gasteiger partial charge in [0.05, 0.1) is 12.6 Å². The summed E-state index contributed by atoms with van der Waals surface area (Å²) in [4.78, 5) is 14.3. The van der Waals surface area contributed by atoms with Gasteiger partial charge in [0.2, 0.25) is 5.91 Å². The van der Waals surface area contributed by atoms with Gasteiger partial charge in [-0.1, -0.05) is 30.7 Å². The maximum absolute atomic E-state index is 12.1. The van der Waals surface area contributed by atoms with E-state index in [1.54, 1.807) is 0 Å². The van der Waals surface area contributed by atoms with Gasteiger partial charge in [0.15, 0.2) is 0 Å². The van der Waals surface area contributed by atoms with Gasteiger partial charge in [0, 0.05) is 31.2 Å². The fraction of sp³-hybridized carbons (Fsp3) is 0.533. The van der Waals surface area contributed by atoms with Crippen LogP contribution in [0.2, 0.25) is 5.02 Å². The molecule has 1 fully saturated rings. The molecule has 1 saturated heterocycles. The Labute approximate surface area is 149 Å². The van der Waals surface area contributed by atoms with Crippen LogP contribution in [0.3, 0.4) is 0 Å². The van der Waals surface area contributed by atoms with Gasteiger partial charge in [-0.15, -0.1) is 24.8 Å². The van der Waals surface area contributed by atoms with Crippen molar-refractivity contribution in [2.24, 2.45) is 0 Å². The minimum atomic E-state index is 0. The molecule has 4 nitrogen and oxygen atoms in total. The van der Waals surface area contributed by atoms with E-state index in [4.69, 9.17) is 11.6 Å². The van der Waals surface area contributed by atoms with Crippen LogP contribution in [0, 0.1) is 0 Å². The maximum Gasteiger partial charge on any atom is 0.234 e. The minimum absolute atomic E-state index is 0. The first-order valence-electron chi connectivity index (χ1n) is 7.17. The lowest BCUT2D eigenvalue weighted by Gasteiger charge is -2.27. The SMILES string of the molecule is CCC(NC(=O)CN1CCNCC1)c1ccc(Cl)cc1.Cl.Cl. The molecule has 2 N–H and O–H groups in total. The molecule has 7 heteroatoms. The predicted octanol–water partition coefficient (Wildman–Crippen LogP) is 2.66. The zero-order valence-electron chi connectivity index (χ0n) is 12.7. The molecule has 0 saturated carbocycles. The lowest BCUT2D eigenvalue weighted by atomic mass is 10.0. The van der Waals surface area contributed by atoms with Crippen LogP contribution in [-0.2, 0) is 4.79 Å². The van der Waals surface area contributed by atoms with Crippen LogP contribution in [-0.4, -0.2) is 43.5 Å². The van der Waals surface area contributed by atoms with E-state index in [9.17, 15) is 4.79 Å². The fourth-order valence-corrected chi connectivity index (χ4v) is 2.55. The monoisotopic (exact) mass is 367 g/mol. The van der Waals surface area contributed by atoms with Crippen molar-refractivity contribution in [1.29, 1.82) is 0 Å². The average molecular weight is 369 g/mol. The quantitative estimate of drug-likeness (QED) is 0.840. The highest BCUT2D eigenvalue weighted by atomic mass is 35.5. The molecule has 1 aromatic rings. The summed E-state index contributed by atoms with van der Waals surface area (Å²) in [5.41, 5.74) is 1.10. The predicted molar refractivity (Wildman–Crippen MR) is 96.4 cm³/mol. The van der Waals surface area contributed by atoms with Crippen LogP contribution >= 0.6 is 36.4 Å². The number of carbonyl (C=O) groups excluding carboxylic acids is 1. The molecular weight excluding hydrogens is 345 g/mol. The zero-order valence-corrected chi connectivity index (χ0v) is 15.1. The third-order valence-corrected chi connectivity index (χ3v) is 3.84. The molecule has 0 bridgehead atoms. The Morgan fingerprint density at radius 3 is 2.41 bits per heavy atom. The topological polar surface area (TPSA) is 44.4 Å². The van der Waals surface area contributed by atoms with E-state index in [1.807, 2.05) is 24.3 Å². The standard InChI is InChI=1S/C15H22ClN3O.2ClH/c1-2-14(12-3-5-13(16)6-4-12)18-15(20)11-19-9-7-17-8-10-19;;/h3-6,14,17H,2,7-11H2,1H3,(H,18,20);2*1H. The fourth-order valence-electron chi connectivity index (χ4n) is 2.43. The summed E-state index contributed by atoms with van der Waals surface area (Å²) in [5, 5.41) is 7.11. The summed E-state index contributed by atoms with van der Waals surface area (Å²) in [6.07, 6.45) is 0.870. The van der Waals surface area contributed by atoms with Gasteiger partial charge in [-0.2, -0.15) is 0 Å². The first-order chi connectivity index (χ1) is 9.69. The molecule has 2 rings (SSSR count). The summed E-state index contributed by atoms with van der Waals surface area (Å²) in [5.74, 6) is 0.0914. The number of benzene rings is 1. The highest BCUT2D eigenvalue weighted by molar-refractivity contribution is 6.30. The molecule has 1 aliphatic rings. The molecule has 0 aromatic heterocycles. The molecule has 0 aliphatic carbocycles. The number of nitrogens with zero attached hydrogens (tertiary/aromatic N) is 1. The molecule has 1 amide bonds. The Morgan fingerprint density at radius 2 is 1.86 bits per heavy atom. The third-order valence-electron chi connectivity index (χ3n) is 3.59. The van der Waals surface area contributed by atoms with Gasteiger partial charge in [0.1, 0.15) is 0 Å². The molecule has 1 aromatic carbocycles. The number of hydrogen-bond acceptors (Lipinski definition) is 3. The van der Waals surface area contributed by atoms with Crippen LogP contribution in [0.4, 0.5) is 0 Å². The van der Waals surface area contributed by atoms with E-state index in [0.717, 1.165) is 43.2 Å². The van der Waals surface area contributed by atoms with Crippen molar-refractivity contribution < 1.29 is 4.79 Å². The van der Waals surface area contributed by atoms with E-state index >= 15 is 0 Å². The number of amides is 1. The second-order valence-electron chi connectivity index (χ2n) is 5.11. The van der Waals surface area contributed by atoms with E-state index < -0.39 is 0 Å². The summed E-state index contributed by atoms with van der Waals surface area (Å²) in [6.45, 7) is 6.34. The molecule has 22 heavy (non-hydrogen) atoms. The second-order valence-corrected chi connectivity index (χ2v) is 5.54. The van der Waals surface area contributed by atoms with Gasteiger partial charge >= 0.3 is 0 Å². The minimum Gasteiger partial charge on any atom is -0.348 e. The summed E-state index contributed by atoms with van der Waals surface area (Å²) < 4.78 is 0. The first kappa shape index (κ1) is 21.5. The smallest absolute Gasteiger partial charge is 0.234 e. The van der Waals surface area contributed by atoms with Crippen molar-refractivity contribution in [3.63, 3.8) is 0 Å². The van der Waals surface area contributed by atoms with Crippen LogP contribution in [0.15, 0.2) is 24.3 Å². The van der Waals surface area contributed by atoms with Crippen molar-refractivity contribution in [3.05, 3.63) is 34.9 Å². The number of halogens is 3. The Bertz CT molecular complexity index is 436. The van der Waals surface area contributed by atoms with Gasteiger partial charge in [-0.05, 0) is 24.1 Å². The van der Waals surface area contributed by atoms with Crippen LogP contribution in [0.25, 0.3) is 0 Å². The normalized spacial score (nSPS) is 16.1. The number of nitrogens with one attached hydrogen (secondary N) is 2. The van der Waals surface area contributed by atoms with E-state index in [1.165, 1.54) is 0 Å². The highest BCUT2D eigenvalue weighted by Crippen LogP contribution is 2.19. The average Bonchev–Trinajstić information content (AvgIpc) is 2.47. The lowest BCUT2D eigenvalue weighted by Crippen LogP contribution is -2.47. The van der Waals surface area contributed by atoms with Crippen LogP contribution < -0.4 is 10.6 Å². The Kier molecular flexibility index (Phi) is 10.8. The van der Waals surface area contributed by atoms with E-state index in [0.29, 0.717) is 6.54 Å². The van der Waals surface area contributed by atoms with Crippen molar-refractivity contribution in [3.8, 4) is 0 Å². The van der Waals surface area contributed by atoms with Crippen LogP contribution in [0.5, 0.6) is 0 Å². The lowest BCUT2D eigenvalue weighted by molar-refractivity contribution is -0.123. The summed E-state index contributed by atoms with van der Waals surface area (Å²) >= 11 is 5.89.